The first-order chi connectivity index (χ1) is 14.9. The summed E-state index contributed by atoms with van der Waals surface area (Å²) in [6.45, 7) is 2.92. The second-order valence-corrected chi connectivity index (χ2v) is 8.60. The monoisotopic (exact) mass is 428 g/mol. The van der Waals surface area contributed by atoms with E-state index in [4.69, 9.17) is 4.74 Å². The van der Waals surface area contributed by atoms with E-state index in [9.17, 15) is 19.2 Å². The van der Waals surface area contributed by atoms with E-state index in [1.165, 1.54) is 11.8 Å². The first-order valence-corrected chi connectivity index (χ1v) is 11.2. The lowest BCUT2D eigenvalue weighted by Crippen LogP contribution is -2.52. The van der Waals surface area contributed by atoms with E-state index in [0.717, 1.165) is 24.8 Å². The molecule has 3 rings (SSSR count). The van der Waals surface area contributed by atoms with Gasteiger partial charge in [-0.1, -0.05) is 30.3 Å². The smallest absolute Gasteiger partial charge is 0.303 e. The largest absolute Gasteiger partial charge is 0.458 e. The molecule has 0 radical (unpaired) electrons. The number of aryl methyl sites for hydroxylation is 1. The highest BCUT2D eigenvalue weighted by molar-refractivity contribution is 5.97. The van der Waals surface area contributed by atoms with Crippen LogP contribution in [0, 0.1) is 0 Å². The molecule has 0 aromatic heterocycles. The number of hydrogen-bond donors (Lipinski definition) is 1. The molecular weight excluding hydrogens is 396 g/mol. The van der Waals surface area contributed by atoms with Gasteiger partial charge in [0.15, 0.2) is 18.2 Å². The van der Waals surface area contributed by atoms with E-state index in [1.807, 2.05) is 37.3 Å². The summed E-state index contributed by atoms with van der Waals surface area (Å²) in [5.74, 6) is -1.05. The summed E-state index contributed by atoms with van der Waals surface area (Å²) in [5, 5.41) is 3.30. The lowest BCUT2D eigenvalue weighted by molar-refractivity contribution is -0.150. The molecule has 31 heavy (non-hydrogen) atoms. The molecular formula is C24H32N2O5. The zero-order chi connectivity index (χ0) is 22.4. The zero-order valence-corrected chi connectivity index (χ0v) is 18.3. The van der Waals surface area contributed by atoms with Crippen molar-refractivity contribution in [3.63, 3.8) is 0 Å². The van der Waals surface area contributed by atoms with Crippen molar-refractivity contribution in [2.75, 3.05) is 6.61 Å². The molecule has 2 heterocycles. The Morgan fingerprint density at radius 1 is 1.03 bits per heavy atom. The van der Waals surface area contributed by atoms with Crippen molar-refractivity contribution in [2.45, 2.75) is 83.0 Å². The van der Waals surface area contributed by atoms with Crippen LogP contribution in [0.5, 0.6) is 0 Å². The van der Waals surface area contributed by atoms with Gasteiger partial charge in [-0.2, -0.15) is 0 Å². The van der Waals surface area contributed by atoms with Crippen LogP contribution in [0.2, 0.25) is 0 Å². The van der Waals surface area contributed by atoms with Gasteiger partial charge in [-0.3, -0.25) is 19.2 Å². The highest BCUT2D eigenvalue weighted by Gasteiger charge is 2.46. The van der Waals surface area contributed by atoms with Gasteiger partial charge in [-0.05, 0) is 51.0 Å². The first-order valence-electron chi connectivity index (χ1n) is 11.2. The third-order valence-electron chi connectivity index (χ3n) is 6.21. The Bertz CT molecular complexity index is 809. The first kappa shape index (κ1) is 23.1. The van der Waals surface area contributed by atoms with Crippen molar-refractivity contribution in [3.8, 4) is 0 Å². The molecule has 7 heteroatoms. The van der Waals surface area contributed by atoms with Gasteiger partial charge in [-0.25, -0.2) is 0 Å². The van der Waals surface area contributed by atoms with Gasteiger partial charge in [-0.15, -0.1) is 0 Å². The molecule has 2 saturated heterocycles. The number of esters is 1. The van der Waals surface area contributed by atoms with Crippen LogP contribution in [-0.2, 0) is 30.3 Å². The quantitative estimate of drug-likeness (QED) is 0.606. The highest BCUT2D eigenvalue weighted by Crippen LogP contribution is 2.29. The van der Waals surface area contributed by atoms with Gasteiger partial charge in [0.2, 0.25) is 5.91 Å². The van der Waals surface area contributed by atoms with Crippen molar-refractivity contribution in [3.05, 3.63) is 35.9 Å². The molecule has 0 saturated carbocycles. The topological polar surface area (TPSA) is 92.8 Å². The fourth-order valence-corrected chi connectivity index (χ4v) is 4.62. The summed E-state index contributed by atoms with van der Waals surface area (Å²) in [6.07, 6.45) is 4.22. The minimum Gasteiger partial charge on any atom is -0.458 e. The number of benzene rings is 1. The summed E-state index contributed by atoms with van der Waals surface area (Å²) in [6, 6.07) is 8.60. The standard InChI is InChI=1S/C24H32N2O5/c1-16-11-12-19(25-16)24(30)21-14-13-20(22(28)15-31-17(2)27)26(21)23(29)10-6-9-18-7-4-3-5-8-18/h3-5,7-8,16,19-21,25H,6,9-15H2,1-2H3/t16?,19-,20-,21-/m0/s1. The predicted octanol–water partition coefficient (Wildman–Crippen LogP) is 2.21. The molecule has 7 nitrogen and oxygen atoms in total. The Hall–Kier alpha value is -2.54. The lowest BCUT2D eigenvalue weighted by atomic mass is 10.0. The minimum absolute atomic E-state index is 0.0106. The van der Waals surface area contributed by atoms with E-state index in [2.05, 4.69) is 5.32 Å². The molecule has 2 aliphatic rings. The fraction of sp³-hybridized carbons (Fsp3) is 0.583. The number of hydrogen-bond acceptors (Lipinski definition) is 6. The van der Waals surface area contributed by atoms with E-state index in [1.54, 1.807) is 0 Å². The molecule has 1 aromatic carbocycles. The van der Waals surface area contributed by atoms with Crippen LogP contribution in [0.4, 0.5) is 0 Å². The number of nitrogens with one attached hydrogen (secondary N) is 1. The molecule has 0 bridgehead atoms. The average molecular weight is 429 g/mol. The van der Waals surface area contributed by atoms with Crippen LogP contribution in [0.15, 0.2) is 30.3 Å². The van der Waals surface area contributed by atoms with Crippen molar-refractivity contribution in [1.29, 1.82) is 0 Å². The average Bonchev–Trinajstić information content (AvgIpc) is 3.39. The maximum atomic E-state index is 13.2. The number of ether oxygens (including phenoxy) is 1. The van der Waals surface area contributed by atoms with Crippen molar-refractivity contribution < 1.29 is 23.9 Å². The van der Waals surface area contributed by atoms with Crippen LogP contribution in [0.3, 0.4) is 0 Å². The molecule has 1 N–H and O–H groups in total. The SMILES string of the molecule is CC(=O)OCC(=O)[C@@H]1CC[C@@H](C(=O)[C@@H]2CCC(C)N2)N1C(=O)CCCc1ccccc1. The van der Waals surface area contributed by atoms with Gasteiger partial charge in [0.1, 0.15) is 0 Å². The molecule has 1 unspecified atom stereocenters. The normalized spacial score (nSPS) is 25.4. The van der Waals surface area contributed by atoms with E-state index in [-0.39, 0.29) is 42.6 Å². The summed E-state index contributed by atoms with van der Waals surface area (Å²) in [4.78, 5) is 51.7. The molecule has 168 valence electrons. The zero-order valence-electron chi connectivity index (χ0n) is 18.3. The number of ketones is 2. The third kappa shape index (κ3) is 6.00. The van der Waals surface area contributed by atoms with E-state index in [0.29, 0.717) is 19.3 Å². The second kappa shape index (κ2) is 10.7. The number of Topliss-reactive ketones (excluding diaryl/α,β-unsaturated/α-hetero) is 2. The molecule has 1 amide bonds. The van der Waals surface area contributed by atoms with Crippen LogP contribution in [0.1, 0.15) is 57.9 Å². The second-order valence-electron chi connectivity index (χ2n) is 8.60. The Kier molecular flexibility index (Phi) is 7.96. The number of rotatable bonds is 9. The van der Waals surface area contributed by atoms with Gasteiger partial charge in [0.05, 0.1) is 18.1 Å². The number of nitrogens with zero attached hydrogens (tertiary/aromatic N) is 1. The number of likely N-dealkylation sites (tertiary alicyclic amines) is 1. The van der Waals surface area contributed by atoms with Crippen LogP contribution < -0.4 is 5.32 Å². The summed E-state index contributed by atoms with van der Waals surface area (Å²) in [7, 11) is 0. The molecule has 2 aliphatic heterocycles. The van der Waals surface area contributed by atoms with Crippen LogP contribution in [0.25, 0.3) is 0 Å². The third-order valence-corrected chi connectivity index (χ3v) is 6.21. The molecule has 0 spiro atoms. The summed E-state index contributed by atoms with van der Waals surface area (Å²) >= 11 is 0. The summed E-state index contributed by atoms with van der Waals surface area (Å²) in [5.41, 5.74) is 1.15. The number of carbonyl (C=O) groups excluding carboxylic acids is 4. The maximum absolute atomic E-state index is 13.2. The number of carbonyl (C=O) groups is 4. The molecule has 0 aliphatic carbocycles. The van der Waals surface area contributed by atoms with Gasteiger partial charge in [0.25, 0.3) is 0 Å². The Labute approximate surface area is 183 Å². The molecule has 1 aromatic rings. The summed E-state index contributed by atoms with van der Waals surface area (Å²) < 4.78 is 4.87. The van der Waals surface area contributed by atoms with Crippen molar-refractivity contribution in [2.24, 2.45) is 0 Å². The van der Waals surface area contributed by atoms with Gasteiger partial charge < -0.3 is 15.0 Å². The van der Waals surface area contributed by atoms with E-state index < -0.39 is 18.1 Å². The fourth-order valence-electron chi connectivity index (χ4n) is 4.62. The number of amides is 1. The van der Waals surface area contributed by atoms with Crippen LogP contribution in [-0.4, -0.2) is 59.1 Å². The van der Waals surface area contributed by atoms with Crippen molar-refractivity contribution in [1.82, 2.24) is 10.2 Å². The predicted molar refractivity (Wildman–Crippen MR) is 115 cm³/mol. The molecule has 4 atom stereocenters. The maximum Gasteiger partial charge on any atom is 0.303 e. The van der Waals surface area contributed by atoms with Gasteiger partial charge in [0, 0.05) is 19.4 Å². The minimum atomic E-state index is -0.712. The van der Waals surface area contributed by atoms with Crippen molar-refractivity contribution >= 4 is 23.4 Å². The highest BCUT2D eigenvalue weighted by atomic mass is 16.5. The Balaban J connectivity index is 1.68. The Morgan fingerprint density at radius 2 is 1.74 bits per heavy atom. The van der Waals surface area contributed by atoms with E-state index >= 15 is 0 Å². The Morgan fingerprint density at radius 3 is 2.39 bits per heavy atom. The van der Waals surface area contributed by atoms with Gasteiger partial charge >= 0.3 is 5.97 Å². The molecule has 2 fully saturated rings. The van der Waals surface area contributed by atoms with Crippen LogP contribution >= 0.6 is 0 Å². The lowest BCUT2D eigenvalue weighted by Gasteiger charge is -2.30.